The van der Waals surface area contributed by atoms with Crippen molar-refractivity contribution in [1.82, 2.24) is 9.47 Å². The molecule has 18 heavy (non-hydrogen) atoms. The van der Waals surface area contributed by atoms with Gasteiger partial charge in [-0.15, -0.1) is 0 Å². The van der Waals surface area contributed by atoms with Crippen LogP contribution in [0.2, 0.25) is 0 Å². The first kappa shape index (κ1) is 12.6. The summed E-state index contributed by atoms with van der Waals surface area (Å²) in [4.78, 5) is 12.8. The first-order valence-corrected chi connectivity index (χ1v) is 6.07. The largest absolute Gasteiger partial charge is 0.369 e. The lowest BCUT2D eigenvalue weighted by atomic mass is 10.1. The quantitative estimate of drug-likeness (QED) is 0.858. The summed E-state index contributed by atoms with van der Waals surface area (Å²) in [5, 5.41) is 1.28. The van der Waals surface area contributed by atoms with Crippen LogP contribution in [0.25, 0.3) is 10.9 Å². The zero-order valence-electron chi connectivity index (χ0n) is 10.9. The number of benzene rings is 1. The van der Waals surface area contributed by atoms with Crippen LogP contribution < -0.4 is 5.73 Å². The van der Waals surface area contributed by atoms with Gasteiger partial charge in [-0.05, 0) is 25.1 Å². The van der Waals surface area contributed by atoms with Gasteiger partial charge in [-0.1, -0.05) is 18.2 Å². The average molecular weight is 245 g/mol. The molecular formula is C14H19N3O. The maximum absolute atomic E-state index is 10.8. The number of aryl methyl sites for hydroxylation is 1. The summed E-state index contributed by atoms with van der Waals surface area (Å²) in [5.74, 6) is -0.282. The van der Waals surface area contributed by atoms with E-state index >= 15 is 0 Å². The molecule has 4 nitrogen and oxygen atoms in total. The predicted octanol–water partition coefficient (Wildman–Crippen LogP) is 1.14. The Balaban J connectivity index is 2.10. The van der Waals surface area contributed by atoms with Crippen molar-refractivity contribution in [2.75, 3.05) is 20.1 Å². The number of nitrogens with two attached hydrogens (primary N) is 1. The molecule has 0 bridgehead atoms. The van der Waals surface area contributed by atoms with Crippen molar-refractivity contribution in [2.24, 2.45) is 12.8 Å². The van der Waals surface area contributed by atoms with Gasteiger partial charge >= 0.3 is 0 Å². The van der Waals surface area contributed by atoms with Gasteiger partial charge in [-0.2, -0.15) is 0 Å². The second-order valence-corrected chi connectivity index (χ2v) is 4.74. The van der Waals surface area contributed by atoms with Crippen molar-refractivity contribution < 1.29 is 4.79 Å². The van der Waals surface area contributed by atoms with Crippen LogP contribution in [-0.2, 0) is 18.3 Å². The highest BCUT2D eigenvalue weighted by Crippen LogP contribution is 2.20. The maximum atomic E-state index is 10.8. The van der Waals surface area contributed by atoms with E-state index in [2.05, 4.69) is 36.0 Å². The molecule has 0 aliphatic heterocycles. The molecule has 0 saturated heterocycles. The third kappa shape index (κ3) is 2.71. The summed E-state index contributed by atoms with van der Waals surface area (Å²) >= 11 is 0. The van der Waals surface area contributed by atoms with E-state index in [1.54, 1.807) is 0 Å². The second kappa shape index (κ2) is 5.23. The third-order valence-corrected chi connectivity index (χ3v) is 3.17. The molecule has 0 aliphatic rings. The fourth-order valence-electron chi connectivity index (χ4n) is 2.28. The topological polar surface area (TPSA) is 51.3 Å². The van der Waals surface area contributed by atoms with Crippen LogP contribution in [0, 0.1) is 0 Å². The monoisotopic (exact) mass is 245 g/mol. The van der Waals surface area contributed by atoms with Gasteiger partial charge in [0.15, 0.2) is 0 Å². The van der Waals surface area contributed by atoms with Gasteiger partial charge in [0, 0.05) is 30.7 Å². The molecular weight excluding hydrogens is 226 g/mol. The van der Waals surface area contributed by atoms with Crippen LogP contribution in [0.3, 0.4) is 0 Å². The Morgan fingerprint density at radius 3 is 2.83 bits per heavy atom. The van der Waals surface area contributed by atoms with E-state index in [4.69, 9.17) is 5.73 Å². The van der Waals surface area contributed by atoms with Crippen molar-refractivity contribution in [3.63, 3.8) is 0 Å². The average Bonchev–Trinajstić information content (AvgIpc) is 2.64. The van der Waals surface area contributed by atoms with Crippen molar-refractivity contribution in [3.8, 4) is 0 Å². The third-order valence-electron chi connectivity index (χ3n) is 3.17. The van der Waals surface area contributed by atoms with Gasteiger partial charge in [0.1, 0.15) is 0 Å². The van der Waals surface area contributed by atoms with Gasteiger partial charge in [0.05, 0.1) is 6.54 Å². The molecule has 2 aromatic rings. The first-order chi connectivity index (χ1) is 8.58. The minimum absolute atomic E-state index is 0.282. The molecule has 2 rings (SSSR count). The van der Waals surface area contributed by atoms with Crippen molar-refractivity contribution in [1.29, 1.82) is 0 Å². The van der Waals surface area contributed by atoms with Crippen LogP contribution in [0.1, 0.15) is 5.56 Å². The van der Waals surface area contributed by atoms with Crippen molar-refractivity contribution >= 4 is 16.8 Å². The van der Waals surface area contributed by atoms with Gasteiger partial charge < -0.3 is 10.3 Å². The zero-order chi connectivity index (χ0) is 13.1. The lowest BCUT2D eigenvalue weighted by molar-refractivity contribution is -0.118. The lowest BCUT2D eigenvalue weighted by Gasteiger charge is -2.13. The number of fused-ring (bicyclic) bond motifs is 1. The number of carbonyl (C=O) groups is 1. The zero-order valence-corrected chi connectivity index (χ0v) is 10.9. The molecule has 0 spiro atoms. The molecule has 1 heterocycles. The van der Waals surface area contributed by atoms with E-state index in [-0.39, 0.29) is 5.91 Å². The maximum Gasteiger partial charge on any atom is 0.231 e. The molecule has 1 aromatic carbocycles. The fraction of sp³-hybridized carbons (Fsp3) is 0.357. The van der Waals surface area contributed by atoms with Crippen molar-refractivity contribution in [3.05, 3.63) is 36.0 Å². The number of hydrogen-bond donors (Lipinski definition) is 1. The summed E-state index contributed by atoms with van der Waals surface area (Å²) in [6, 6.07) is 8.36. The van der Waals surface area contributed by atoms with Crippen LogP contribution >= 0.6 is 0 Å². The summed E-state index contributed by atoms with van der Waals surface area (Å²) < 4.78 is 2.14. The van der Waals surface area contributed by atoms with E-state index in [0.717, 1.165) is 13.0 Å². The number of amides is 1. The predicted molar refractivity (Wildman–Crippen MR) is 73.3 cm³/mol. The Morgan fingerprint density at radius 1 is 1.39 bits per heavy atom. The lowest BCUT2D eigenvalue weighted by Crippen LogP contribution is -2.32. The second-order valence-electron chi connectivity index (χ2n) is 4.74. The molecule has 0 atom stereocenters. The van der Waals surface area contributed by atoms with Crippen molar-refractivity contribution in [2.45, 2.75) is 6.42 Å². The standard InChI is InChI=1S/C14H19N3O/c1-16(10-14(15)18)8-7-11-9-17(2)13-6-4-3-5-12(11)13/h3-6,9H,7-8,10H2,1-2H3,(H2,15,18). The number of nitrogens with zero attached hydrogens (tertiary/aromatic N) is 2. The first-order valence-electron chi connectivity index (χ1n) is 6.07. The molecule has 0 aliphatic carbocycles. The molecule has 2 N–H and O–H groups in total. The molecule has 0 unspecified atom stereocenters. The van der Waals surface area contributed by atoms with Crippen LogP contribution in [0.4, 0.5) is 0 Å². The SMILES string of the molecule is CN(CCc1cn(C)c2ccccc12)CC(N)=O. The number of para-hydroxylation sites is 1. The normalized spacial score (nSPS) is 11.3. The Labute approximate surface area is 107 Å². The van der Waals surface area contributed by atoms with E-state index in [0.29, 0.717) is 6.54 Å². The Hall–Kier alpha value is -1.81. The Bertz CT molecular complexity index is 559. The highest BCUT2D eigenvalue weighted by Gasteiger charge is 2.08. The van der Waals surface area contributed by atoms with Crippen LogP contribution in [0.5, 0.6) is 0 Å². The molecule has 4 heteroatoms. The Kier molecular flexibility index (Phi) is 3.67. The minimum Gasteiger partial charge on any atom is -0.369 e. The summed E-state index contributed by atoms with van der Waals surface area (Å²) in [6.07, 6.45) is 3.08. The highest BCUT2D eigenvalue weighted by atomic mass is 16.1. The molecule has 0 radical (unpaired) electrons. The van der Waals surface area contributed by atoms with E-state index in [1.165, 1.54) is 16.5 Å². The minimum atomic E-state index is -0.282. The number of carbonyl (C=O) groups excluding carboxylic acids is 1. The van der Waals surface area contributed by atoms with Gasteiger partial charge in [0.2, 0.25) is 5.91 Å². The Morgan fingerprint density at radius 2 is 2.11 bits per heavy atom. The summed E-state index contributed by atoms with van der Waals surface area (Å²) in [6.45, 7) is 1.14. The number of rotatable bonds is 5. The highest BCUT2D eigenvalue weighted by molar-refractivity contribution is 5.83. The van der Waals surface area contributed by atoms with Gasteiger partial charge in [-0.3, -0.25) is 9.69 Å². The molecule has 1 amide bonds. The van der Waals surface area contributed by atoms with Gasteiger partial charge in [-0.25, -0.2) is 0 Å². The molecule has 96 valence electrons. The van der Waals surface area contributed by atoms with E-state index in [9.17, 15) is 4.79 Å². The van der Waals surface area contributed by atoms with Crippen LogP contribution in [0.15, 0.2) is 30.5 Å². The molecule has 0 saturated carbocycles. The summed E-state index contributed by atoms with van der Waals surface area (Å²) in [7, 11) is 3.97. The number of hydrogen-bond acceptors (Lipinski definition) is 2. The van der Waals surface area contributed by atoms with Gasteiger partial charge in [0.25, 0.3) is 0 Å². The number of aromatic nitrogens is 1. The van der Waals surface area contributed by atoms with Crippen LogP contribution in [-0.4, -0.2) is 35.5 Å². The smallest absolute Gasteiger partial charge is 0.231 e. The molecule has 0 fully saturated rings. The fourth-order valence-corrected chi connectivity index (χ4v) is 2.28. The number of primary amides is 1. The summed E-state index contributed by atoms with van der Waals surface area (Å²) in [5.41, 5.74) is 7.72. The molecule has 1 aromatic heterocycles. The van der Waals surface area contributed by atoms with E-state index in [1.807, 2.05) is 18.0 Å². The van der Waals surface area contributed by atoms with E-state index < -0.39 is 0 Å². The number of likely N-dealkylation sites (N-methyl/N-ethyl adjacent to an activating group) is 1.